The minimum atomic E-state index is -0.677. The smallest absolute Gasteiger partial charge is 0.276 e. The molecule has 1 aromatic heterocycles. The Morgan fingerprint density at radius 1 is 1.21 bits per heavy atom. The highest BCUT2D eigenvalue weighted by molar-refractivity contribution is 7.03. The SMILES string of the molecule is Cc1ccc([C@@H](C(=O)NC2CCCC2)N(CCC(C)C)C(=O)c2csnn2)cc1. The molecule has 1 saturated carbocycles. The zero-order valence-corrected chi connectivity index (χ0v) is 18.2. The fourth-order valence-corrected chi connectivity index (χ4v) is 4.15. The predicted octanol–water partition coefficient (Wildman–Crippen LogP) is 4.13. The second-order valence-electron chi connectivity index (χ2n) is 8.27. The highest BCUT2D eigenvalue weighted by atomic mass is 32.1. The van der Waals surface area contributed by atoms with Gasteiger partial charge < -0.3 is 10.2 Å². The van der Waals surface area contributed by atoms with Gasteiger partial charge in [0.2, 0.25) is 5.91 Å². The van der Waals surface area contributed by atoms with Gasteiger partial charge in [0.1, 0.15) is 6.04 Å². The quantitative estimate of drug-likeness (QED) is 0.705. The monoisotopic (exact) mass is 414 g/mol. The van der Waals surface area contributed by atoms with E-state index >= 15 is 0 Å². The van der Waals surface area contributed by atoms with E-state index in [1.54, 1.807) is 10.3 Å². The molecule has 6 nitrogen and oxygen atoms in total. The summed E-state index contributed by atoms with van der Waals surface area (Å²) in [7, 11) is 0. The zero-order chi connectivity index (χ0) is 20.8. The van der Waals surface area contributed by atoms with Crippen LogP contribution in [0.1, 0.15) is 73.6 Å². The van der Waals surface area contributed by atoms with Crippen LogP contribution in [0.2, 0.25) is 0 Å². The Bertz CT molecular complexity index is 799. The fourth-order valence-electron chi connectivity index (χ4n) is 3.72. The summed E-state index contributed by atoms with van der Waals surface area (Å²) in [5.41, 5.74) is 2.24. The molecule has 2 aromatic rings. The summed E-state index contributed by atoms with van der Waals surface area (Å²) in [6, 6.07) is 7.39. The van der Waals surface area contributed by atoms with Crippen LogP contribution in [0.15, 0.2) is 29.6 Å². The highest BCUT2D eigenvalue weighted by Crippen LogP contribution is 2.26. The molecule has 0 unspecified atom stereocenters. The van der Waals surface area contributed by atoms with E-state index in [9.17, 15) is 9.59 Å². The summed E-state index contributed by atoms with van der Waals surface area (Å²) in [5.74, 6) is 0.0583. The van der Waals surface area contributed by atoms with Gasteiger partial charge in [0.15, 0.2) is 5.69 Å². The highest BCUT2D eigenvalue weighted by Gasteiger charge is 2.34. The van der Waals surface area contributed by atoms with E-state index in [4.69, 9.17) is 0 Å². The van der Waals surface area contributed by atoms with Gasteiger partial charge in [-0.2, -0.15) is 0 Å². The molecule has 0 radical (unpaired) electrons. The van der Waals surface area contributed by atoms with Gasteiger partial charge in [-0.05, 0) is 49.2 Å². The van der Waals surface area contributed by atoms with Crippen LogP contribution in [-0.4, -0.2) is 38.9 Å². The zero-order valence-electron chi connectivity index (χ0n) is 17.4. The molecular weight excluding hydrogens is 384 g/mol. The number of aromatic nitrogens is 2. The van der Waals surface area contributed by atoms with Crippen LogP contribution in [-0.2, 0) is 4.79 Å². The first-order valence-corrected chi connectivity index (χ1v) is 11.2. The molecule has 1 N–H and O–H groups in total. The van der Waals surface area contributed by atoms with Crippen molar-refractivity contribution in [2.45, 2.75) is 65.0 Å². The van der Waals surface area contributed by atoms with Crippen molar-refractivity contribution in [1.82, 2.24) is 19.8 Å². The maximum absolute atomic E-state index is 13.4. The van der Waals surface area contributed by atoms with Gasteiger partial charge in [0, 0.05) is 18.0 Å². The number of hydrogen-bond acceptors (Lipinski definition) is 5. The predicted molar refractivity (Wildman–Crippen MR) is 115 cm³/mol. The van der Waals surface area contributed by atoms with Crippen molar-refractivity contribution >= 4 is 23.3 Å². The standard InChI is InChI=1S/C22H30N4O2S/c1-15(2)12-13-26(22(28)19-14-29-25-24-19)20(17-10-8-16(3)9-11-17)21(27)23-18-6-4-5-7-18/h8-11,14-15,18,20H,4-7,12-13H2,1-3H3,(H,23,27)/t20-/m0/s1. The molecule has 156 valence electrons. The van der Waals surface area contributed by atoms with E-state index in [-0.39, 0.29) is 17.9 Å². The van der Waals surface area contributed by atoms with Crippen LogP contribution < -0.4 is 5.32 Å². The number of hydrogen-bond donors (Lipinski definition) is 1. The van der Waals surface area contributed by atoms with Crippen LogP contribution in [0.5, 0.6) is 0 Å². The van der Waals surface area contributed by atoms with Gasteiger partial charge in [0.25, 0.3) is 5.91 Å². The Kier molecular flexibility index (Phi) is 7.36. The van der Waals surface area contributed by atoms with Crippen LogP contribution in [0.3, 0.4) is 0 Å². The minimum absolute atomic E-state index is 0.110. The second-order valence-corrected chi connectivity index (χ2v) is 8.88. The van der Waals surface area contributed by atoms with Gasteiger partial charge in [-0.15, -0.1) is 5.10 Å². The number of aryl methyl sites for hydroxylation is 1. The lowest BCUT2D eigenvalue weighted by Gasteiger charge is -2.32. The number of amides is 2. The summed E-state index contributed by atoms with van der Waals surface area (Å²) >= 11 is 1.14. The van der Waals surface area contributed by atoms with E-state index in [1.165, 1.54) is 0 Å². The number of rotatable bonds is 8. The number of carbonyl (C=O) groups excluding carboxylic acids is 2. The summed E-state index contributed by atoms with van der Waals surface area (Å²) in [5, 5.41) is 8.80. The second kappa shape index (κ2) is 9.96. The lowest BCUT2D eigenvalue weighted by atomic mass is 10.0. The third kappa shape index (κ3) is 5.63. The Morgan fingerprint density at radius 3 is 2.48 bits per heavy atom. The molecule has 7 heteroatoms. The van der Waals surface area contributed by atoms with Crippen LogP contribution >= 0.6 is 11.5 Å². The third-order valence-electron chi connectivity index (χ3n) is 5.44. The number of nitrogens with one attached hydrogen (secondary N) is 1. The minimum Gasteiger partial charge on any atom is -0.351 e. The normalized spacial score (nSPS) is 15.4. The van der Waals surface area contributed by atoms with Gasteiger partial charge >= 0.3 is 0 Å². The molecule has 1 aliphatic carbocycles. The van der Waals surface area contributed by atoms with Crippen molar-refractivity contribution in [2.24, 2.45) is 5.92 Å². The summed E-state index contributed by atoms with van der Waals surface area (Å²) < 4.78 is 3.84. The van der Waals surface area contributed by atoms with Gasteiger partial charge in [-0.25, -0.2) is 0 Å². The molecule has 1 atom stereocenters. The van der Waals surface area contributed by atoms with Gasteiger partial charge in [0.05, 0.1) is 0 Å². The summed E-state index contributed by atoms with van der Waals surface area (Å²) in [4.78, 5) is 28.4. The van der Waals surface area contributed by atoms with Crippen molar-refractivity contribution in [3.8, 4) is 0 Å². The van der Waals surface area contributed by atoms with Crippen LogP contribution in [0.4, 0.5) is 0 Å². The lowest BCUT2D eigenvalue weighted by Crippen LogP contribution is -2.46. The molecule has 0 spiro atoms. The molecule has 1 aliphatic rings. The molecule has 1 fully saturated rings. The van der Waals surface area contributed by atoms with E-state index in [2.05, 4.69) is 28.8 Å². The molecule has 1 heterocycles. The molecule has 0 bridgehead atoms. The molecule has 0 aliphatic heterocycles. The summed E-state index contributed by atoms with van der Waals surface area (Å²) in [6.45, 7) is 6.74. The Labute approximate surface area is 176 Å². The van der Waals surface area contributed by atoms with Gasteiger partial charge in [-0.1, -0.05) is 61.0 Å². The summed E-state index contributed by atoms with van der Waals surface area (Å²) in [6.07, 6.45) is 5.09. The number of nitrogens with zero attached hydrogens (tertiary/aromatic N) is 3. The first-order valence-electron chi connectivity index (χ1n) is 10.4. The lowest BCUT2D eigenvalue weighted by molar-refractivity contribution is -0.126. The maximum Gasteiger partial charge on any atom is 0.276 e. The van der Waals surface area contributed by atoms with Crippen molar-refractivity contribution in [1.29, 1.82) is 0 Å². The topological polar surface area (TPSA) is 75.2 Å². The van der Waals surface area contributed by atoms with Crippen LogP contribution in [0, 0.1) is 12.8 Å². The third-order valence-corrected chi connectivity index (χ3v) is 5.95. The maximum atomic E-state index is 13.4. The Balaban J connectivity index is 1.94. The molecule has 0 saturated heterocycles. The number of benzene rings is 1. The fraction of sp³-hybridized carbons (Fsp3) is 0.545. The average Bonchev–Trinajstić information content (AvgIpc) is 3.39. The van der Waals surface area contributed by atoms with E-state index in [0.29, 0.717) is 18.2 Å². The average molecular weight is 415 g/mol. The van der Waals surface area contributed by atoms with Crippen LogP contribution in [0.25, 0.3) is 0 Å². The van der Waals surface area contributed by atoms with Crippen molar-refractivity contribution in [3.63, 3.8) is 0 Å². The first-order chi connectivity index (χ1) is 14.0. The van der Waals surface area contributed by atoms with Crippen molar-refractivity contribution < 1.29 is 9.59 Å². The largest absolute Gasteiger partial charge is 0.351 e. The van der Waals surface area contributed by atoms with Crippen molar-refractivity contribution in [3.05, 3.63) is 46.5 Å². The van der Waals surface area contributed by atoms with Gasteiger partial charge in [-0.3, -0.25) is 9.59 Å². The molecule has 2 amide bonds. The molecular formula is C22H30N4O2S. The van der Waals surface area contributed by atoms with E-state index in [0.717, 1.165) is 54.8 Å². The molecule has 1 aromatic carbocycles. The van der Waals surface area contributed by atoms with E-state index < -0.39 is 6.04 Å². The molecule has 3 rings (SSSR count). The Hall–Kier alpha value is -2.28. The Morgan fingerprint density at radius 2 is 1.90 bits per heavy atom. The van der Waals surface area contributed by atoms with E-state index in [1.807, 2.05) is 31.2 Å². The first kappa shape index (κ1) is 21.4. The number of carbonyl (C=O) groups is 2. The van der Waals surface area contributed by atoms with Crippen molar-refractivity contribution in [2.75, 3.05) is 6.54 Å². The molecule has 29 heavy (non-hydrogen) atoms.